The van der Waals surface area contributed by atoms with Crippen LogP contribution in [0.25, 0.3) is 0 Å². The highest BCUT2D eigenvalue weighted by Crippen LogP contribution is 2.04. The van der Waals surface area contributed by atoms with Gasteiger partial charge in [-0.3, -0.25) is 9.59 Å². The van der Waals surface area contributed by atoms with Crippen LogP contribution in [0.4, 0.5) is 0 Å². The van der Waals surface area contributed by atoms with Gasteiger partial charge in [0.1, 0.15) is 0 Å². The zero-order valence-corrected chi connectivity index (χ0v) is 11.5. The van der Waals surface area contributed by atoms with Crippen LogP contribution in [-0.4, -0.2) is 31.4 Å². The Morgan fingerprint density at radius 2 is 2.10 bits per heavy atom. The van der Waals surface area contributed by atoms with Crippen molar-refractivity contribution in [1.82, 2.24) is 10.6 Å². The summed E-state index contributed by atoms with van der Waals surface area (Å²) in [5, 5.41) is 5.37. The van der Waals surface area contributed by atoms with E-state index in [1.54, 1.807) is 18.2 Å². The minimum Gasteiger partial charge on any atom is -0.356 e. The van der Waals surface area contributed by atoms with Crippen LogP contribution in [0.2, 0.25) is 0 Å². The molecule has 1 aromatic rings. The van der Waals surface area contributed by atoms with Crippen molar-refractivity contribution in [1.29, 1.82) is 0 Å². The average Bonchev–Trinajstić information content (AvgIpc) is 2.45. The molecule has 0 bridgehead atoms. The molecule has 0 spiro atoms. The first-order valence-electron chi connectivity index (χ1n) is 6.51. The Balaban J connectivity index is 2.53. The van der Waals surface area contributed by atoms with Crippen molar-refractivity contribution >= 4 is 11.8 Å². The number of rotatable bonds is 5. The van der Waals surface area contributed by atoms with Gasteiger partial charge in [-0.15, -0.1) is 0 Å². The normalized spacial score (nSPS) is 9.30. The van der Waals surface area contributed by atoms with Crippen molar-refractivity contribution in [3.8, 4) is 11.8 Å². The van der Waals surface area contributed by atoms with Crippen molar-refractivity contribution in [3.63, 3.8) is 0 Å². The summed E-state index contributed by atoms with van der Waals surface area (Å²) in [5.41, 5.74) is 6.56. The number of amides is 2. The number of benzene rings is 1. The van der Waals surface area contributed by atoms with Crippen molar-refractivity contribution in [3.05, 3.63) is 35.4 Å². The fourth-order valence-corrected chi connectivity index (χ4v) is 1.57. The molecule has 106 valence electrons. The highest BCUT2D eigenvalue weighted by Gasteiger charge is 2.06. The largest absolute Gasteiger partial charge is 0.356 e. The monoisotopic (exact) mass is 273 g/mol. The van der Waals surface area contributed by atoms with Crippen LogP contribution < -0.4 is 16.4 Å². The molecular weight excluding hydrogens is 254 g/mol. The lowest BCUT2D eigenvalue weighted by molar-refractivity contribution is -0.120. The van der Waals surface area contributed by atoms with Crippen molar-refractivity contribution in [2.45, 2.75) is 13.3 Å². The minimum atomic E-state index is -0.217. The Morgan fingerprint density at radius 3 is 2.80 bits per heavy atom. The first-order chi connectivity index (χ1) is 9.67. The first-order valence-corrected chi connectivity index (χ1v) is 6.51. The molecule has 0 radical (unpaired) electrons. The maximum Gasteiger partial charge on any atom is 0.251 e. The molecule has 5 heteroatoms. The number of hydrogen-bond acceptors (Lipinski definition) is 3. The van der Waals surface area contributed by atoms with Gasteiger partial charge in [0.2, 0.25) is 5.91 Å². The van der Waals surface area contributed by atoms with Gasteiger partial charge in [-0.25, -0.2) is 0 Å². The van der Waals surface area contributed by atoms with Gasteiger partial charge in [-0.1, -0.05) is 17.9 Å². The van der Waals surface area contributed by atoms with Crippen LogP contribution in [0, 0.1) is 11.8 Å². The predicted molar refractivity (Wildman–Crippen MR) is 78.0 cm³/mol. The van der Waals surface area contributed by atoms with E-state index in [2.05, 4.69) is 22.5 Å². The van der Waals surface area contributed by atoms with Gasteiger partial charge in [-0.05, 0) is 25.1 Å². The average molecular weight is 273 g/mol. The highest BCUT2D eigenvalue weighted by atomic mass is 16.2. The first kappa shape index (κ1) is 15.7. The lowest BCUT2D eigenvalue weighted by atomic mass is 10.1. The van der Waals surface area contributed by atoms with Crippen LogP contribution in [0.3, 0.4) is 0 Å². The van der Waals surface area contributed by atoms with E-state index in [1.807, 2.05) is 13.0 Å². The Kier molecular flexibility index (Phi) is 6.87. The molecule has 0 heterocycles. The van der Waals surface area contributed by atoms with E-state index in [4.69, 9.17) is 5.73 Å². The van der Waals surface area contributed by atoms with Crippen LogP contribution in [-0.2, 0) is 4.79 Å². The number of carbonyl (C=O) groups is 2. The lowest BCUT2D eigenvalue weighted by Crippen LogP contribution is -2.30. The van der Waals surface area contributed by atoms with E-state index < -0.39 is 0 Å². The molecule has 1 aromatic carbocycles. The van der Waals surface area contributed by atoms with Gasteiger partial charge in [0.05, 0.1) is 6.54 Å². The number of nitrogens with two attached hydrogens (primary N) is 1. The summed E-state index contributed by atoms with van der Waals surface area (Å²) in [6.45, 7) is 3.03. The molecule has 0 aliphatic heterocycles. The highest BCUT2D eigenvalue weighted by molar-refractivity contribution is 5.94. The maximum atomic E-state index is 11.9. The molecule has 0 saturated heterocycles. The van der Waals surface area contributed by atoms with Crippen LogP contribution >= 0.6 is 0 Å². The van der Waals surface area contributed by atoms with E-state index in [0.29, 0.717) is 18.7 Å². The molecule has 0 aromatic heterocycles. The SMILES string of the molecule is CCNC(=O)CCNC(=O)c1cccc(C#CCN)c1. The summed E-state index contributed by atoms with van der Waals surface area (Å²) in [4.78, 5) is 23.1. The Morgan fingerprint density at radius 1 is 1.30 bits per heavy atom. The quantitative estimate of drug-likeness (QED) is 0.672. The smallest absolute Gasteiger partial charge is 0.251 e. The van der Waals surface area contributed by atoms with E-state index in [0.717, 1.165) is 5.56 Å². The van der Waals surface area contributed by atoms with Crippen LogP contribution in [0.1, 0.15) is 29.3 Å². The number of carbonyl (C=O) groups excluding carboxylic acids is 2. The molecule has 1 rings (SSSR count). The topological polar surface area (TPSA) is 84.2 Å². The number of nitrogens with one attached hydrogen (secondary N) is 2. The second-order valence-corrected chi connectivity index (χ2v) is 4.05. The second kappa shape index (κ2) is 8.73. The van der Waals surface area contributed by atoms with E-state index in [9.17, 15) is 9.59 Å². The molecule has 0 fully saturated rings. The molecule has 0 aliphatic rings. The molecular formula is C15H19N3O2. The van der Waals surface area contributed by atoms with Crippen molar-refractivity contribution in [2.24, 2.45) is 5.73 Å². The van der Waals surface area contributed by atoms with Gasteiger partial charge >= 0.3 is 0 Å². The van der Waals surface area contributed by atoms with E-state index in [-0.39, 0.29) is 24.8 Å². The lowest BCUT2D eigenvalue weighted by Gasteiger charge is -2.05. The summed E-state index contributed by atoms with van der Waals surface area (Å²) in [6.07, 6.45) is 0.270. The third kappa shape index (κ3) is 5.55. The Hall–Kier alpha value is -2.32. The minimum absolute atomic E-state index is 0.0737. The van der Waals surface area contributed by atoms with Crippen LogP contribution in [0.15, 0.2) is 24.3 Å². The summed E-state index contributed by atoms with van der Waals surface area (Å²) < 4.78 is 0. The summed E-state index contributed by atoms with van der Waals surface area (Å²) in [7, 11) is 0. The Labute approximate surface area is 118 Å². The van der Waals surface area contributed by atoms with Gasteiger partial charge in [-0.2, -0.15) is 0 Å². The third-order valence-electron chi connectivity index (χ3n) is 2.47. The van der Waals surface area contributed by atoms with Crippen LogP contribution in [0.5, 0.6) is 0 Å². The zero-order valence-electron chi connectivity index (χ0n) is 11.5. The Bertz CT molecular complexity index is 529. The third-order valence-corrected chi connectivity index (χ3v) is 2.47. The molecule has 5 nitrogen and oxygen atoms in total. The fraction of sp³-hybridized carbons (Fsp3) is 0.333. The van der Waals surface area contributed by atoms with Gasteiger partial charge in [0, 0.05) is 30.6 Å². The van der Waals surface area contributed by atoms with E-state index in [1.165, 1.54) is 0 Å². The molecule has 20 heavy (non-hydrogen) atoms. The van der Waals surface area contributed by atoms with Gasteiger partial charge in [0.25, 0.3) is 5.91 Å². The summed E-state index contributed by atoms with van der Waals surface area (Å²) in [6, 6.07) is 6.98. The molecule has 0 atom stereocenters. The molecule has 2 amide bonds. The molecule has 0 aliphatic carbocycles. The van der Waals surface area contributed by atoms with Gasteiger partial charge < -0.3 is 16.4 Å². The number of hydrogen-bond donors (Lipinski definition) is 3. The zero-order chi connectivity index (χ0) is 14.8. The van der Waals surface area contributed by atoms with Crippen molar-refractivity contribution < 1.29 is 9.59 Å². The van der Waals surface area contributed by atoms with Crippen molar-refractivity contribution in [2.75, 3.05) is 19.6 Å². The second-order valence-electron chi connectivity index (χ2n) is 4.05. The summed E-state index contributed by atoms with van der Waals surface area (Å²) in [5.74, 6) is 5.32. The molecule has 4 N–H and O–H groups in total. The predicted octanol–water partition coefficient (Wildman–Crippen LogP) is 0.253. The van der Waals surface area contributed by atoms with Gasteiger partial charge in [0.15, 0.2) is 0 Å². The molecule has 0 unspecified atom stereocenters. The fourth-order valence-electron chi connectivity index (χ4n) is 1.57. The summed E-state index contributed by atoms with van der Waals surface area (Å²) >= 11 is 0. The standard InChI is InChI=1S/C15H19N3O2/c1-2-17-14(19)8-10-18-15(20)13-7-3-5-12(11-13)6-4-9-16/h3,5,7,11H,2,8-10,16H2,1H3,(H,17,19)(H,18,20). The molecule has 0 saturated carbocycles. The van der Waals surface area contributed by atoms with E-state index >= 15 is 0 Å². The maximum absolute atomic E-state index is 11.9.